The number of amides is 4. The Morgan fingerprint density at radius 2 is 1.87 bits per heavy atom. The molecule has 11 nitrogen and oxygen atoms in total. The van der Waals surface area contributed by atoms with Gasteiger partial charge in [-0.1, -0.05) is 0 Å². The Morgan fingerprint density at radius 3 is 2.43 bits per heavy atom. The van der Waals surface area contributed by atoms with Gasteiger partial charge >= 0.3 is 35.6 Å². The molecule has 0 radical (unpaired) electrons. The van der Waals surface area contributed by atoms with Crippen molar-refractivity contribution in [2.75, 3.05) is 39.0 Å². The van der Waals surface area contributed by atoms with Crippen molar-refractivity contribution in [2.45, 2.75) is 18.5 Å². The summed E-state index contributed by atoms with van der Waals surface area (Å²) in [4.78, 5) is 39.7. The van der Waals surface area contributed by atoms with Crippen molar-refractivity contribution in [3.8, 4) is 0 Å². The molecule has 0 bridgehead atoms. The SMILES string of the molecule is CN(C)CCNC(=O)c1ccc(NC(=O)N2CC[C@@H]3[C@H]2C(=O)N3S(=O)(=O)[O-])cc1.[Na+]. The third-order valence-electron chi connectivity index (χ3n) is 4.88. The quantitative estimate of drug-likeness (QED) is 0.259. The average Bonchev–Trinajstić information content (AvgIpc) is 2.99. The summed E-state index contributed by atoms with van der Waals surface area (Å²) < 4.78 is 33.6. The molecule has 0 saturated carbocycles. The third-order valence-corrected chi connectivity index (χ3v) is 5.81. The van der Waals surface area contributed by atoms with E-state index in [9.17, 15) is 27.4 Å². The molecule has 3 rings (SSSR count). The van der Waals surface area contributed by atoms with Crippen LogP contribution < -0.4 is 40.2 Å². The van der Waals surface area contributed by atoms with Gasteiger partial charge in [-0.25, -0.2) is 17.5 Å². The number of fused-ring (bicyclic) bond motifs is 1. The molecule has 0 aromatic heterocycles. The van der Waals surface area contributed by atoms with Crippen molar-refractivity contribution in [2.24, 2.45) is 0 Å². The maximum Gasteiger partial charge on any atom is 1.00 e. The fourth-order valence-corrected chi connectivity index (χ4v) is 4.31. The number of carbonyl (C=O) groups excluding carboxylic acids is 3. The Bertz CT molecular complexity index is 923. The number of nitrogens with one attached hydrogen (secondary N) is 2. The largest absolute Gasteiger partial charge is 1.00 e. The minimum atomic E-state index is -4.87. The van der Waals surface area contributed by atoms with Crippen LogP contribution in [0.25, 0.3) is 0 Å². The zero-order valence-corrected chi connectivity index (χ0v) is 19.8. The summed E-state index contributed by atoms with van der Waals surface area (Å²) in [5, 5.41) is 5.40. The molecule has 2 saturated heterocycles. The van der Waals surface area contributed by atoms with Crippen molar-refractivity contribution < 1.29 is 56.9 Å². The van der Waals surface area contributed by atoms with Crippen molar-refractivity contribution in [3.63, 3.8) is 0 Å². The Morgan fingerprint density at radius 1 is 1.23 bits per heavy atom. The number of urea groups is 1. The number of benzene rings is 1. The summed E-state index contributed by atoms with van der Waals surface area (Å²) in [6, 6.07) is 3.93. The summed E-state index contributed by atoms with van der Waals surface area (Å²) in [7, 11) is -1.06. The number of hydrogen-bond donors (Lipinski definition) is 2. The van der Waals surface area contributed by atoms with Crippen LogP contribution in [0.1, 0.15) is 16.8 Å². The molecule has 158 valence electrons. The van der Waals surface area contributed by atoms with Gasteiger partial charge in [-0.3, -0.25) is 9.59 Å². The van der Waals surface area contributed by atoms with Gasteiger partial charge in [0.2, 0.25) is 0 Å². The van der Waals surface area contributed by atoms with Crippen LogP contribution in [0.2, 0.25) is 0 Å². The molecular weight excluding hydrogens is 425 g/mol. The number of carbonyl (C=O) groups is 3. The Labute approximate surface area is 196 Å². The van der Waals surface area contributed by atoms with E-state index in [1.165, 1.54) is 4.90 Å². The first-order valence-electron chi connectivity index (χ1n) is 8.99. The average molecular weight is 447 g/mol. The third kappa shape index (κ3) is 5.13. The Balaban J connectivity index is 0.00000320. The molecule has 30 heavy (non-hydrogen) atoms. The first-order valence-corrected chi connectivity index (χ1v) is 10.4. The van der Waals surface area contributed by atoms with Crippen LogP contribution in [-0.2, 0) is 15.1 Å². The van der Waals surface area contributed by atoms with E-state index < -0.39 is 34.3 Å². The summed E-state index contributed by atoms with van der Waals surface area (Å²) >= 11 is 0. The van der Waals surface area contributed by atoms with Crippen LogP contribution in [0.15, 0.2) is 24.3 Å². The van der Waals surface area contributed by atoms with E-state index in [0.717, 1.165) is 0 Å². The molecule has 4 amide bonds. The van der Waals surface area contributed by atoms with Gasteiger partial charge < -0.3 is 25.0 Å². The second-order valence-corrected chi connectivity index (χ2v) is 8.40. The second-order valence-electron chi connectivity index (χ2n) is 7.15. The van der Waals surface area contributed by atoms with Crippen LogP contribution in [0.5, 0.6) is 0 Å². The monoisotopic (exact) mass is 447 g/mol. The van der Waals surface area contributed by atoms with Gasteiger partial charge in [0, 0.05) is 30.9 Å². The zero-order chi connectivity index (χ0) is 21.3. The van der Waals surface area contributed by atoms with Crippen LogP contribution in [0, 0.1) is 0 Å². The number of β-lactam (4-membered cyclic amide) rings is 1. The van der Waals surface area contributed by atoms with E-state index in [4.69, 9.17) is 0 Å². The van der Waals surface area contributed by atoms with Crippen LogP contribution in [-0.4, -0.2) is 90.7 Å². The topological polar surface area (TPSA) is 142 Å². The van der Waals surface area contributed by atoms with Gasteiger partial charge in [-0.2, -0.15) is 0 Å². The van der Waals surface area contributed by atoms with Gasteiger partial charge in [0.15, 0.2) is 10.3 Å². The molecule has 0 spiro atoms. The first kappa shape index (κ1) is 24.6. The number of likely N-dealkylation sites (tertiary alicyclic amines) is 1. The number of likely N-dealkylation sites (N-methyl/N-ethyl adjacent to an activating group) is 1. The van der Waals surface area contributed by atoms with Crippen molar-refractivity contribution in [1.82, 2.24) is 19.4 Å². The van der Waals surface area contributed by atoms with Crippen molar-refractivity contribution >= 4 is 33.8 Å². The molecule has 2 heterocycles. The van der Waals surface area contributed by atoms with Crippen molar-refractivity contribution in [1.29, 1.82) is 0 Å². The fraction of sp³-hybridized carbons (Fsp3) is 0.471. The summed E-state index contributed by atoms with van der Waals surface area (Å²) in [5.41, 5.74) is 0.858. The van der Waals surface area contributed by atoms with E-state index in [0.29, 0.717) is 28.6 Å². The molecule has 0 unspecified atom stereocenters. The van der Waals surface area contributed by atoms with E-state index in [1.54, 1.807) is 24.3 Å². The van der Waals surface area contributed by atoms with Gasteiger partial charge in [-0.05, 0) is 44.8 Å². The van der Waals surface area contributed by atoms with E-state index in [-0.39, 0.29) is 48.4 Å². The van der Waals surface area contributed by atoms with E-state index in [1.807, 2.05) is 19.0 Å². The van der Waals surface area contributed by atoms with E-state index in [2.05, 4.69) is 10.6 Å². The molecular formula is C17H22N5NaO6S. The van der Waals surface area contributed by atoms with Crippen LogP contribution >= 0.6 is 0 Å². The molecule has 2 atom stereocenters. The van der Waals surface area contributed by atoms with Crippen LogP contribution in [0.3, 0.4) is 0 Å². The summed E-state index contributed by atoms with van der Waals surface area (Å²) in [6.07, 6.45) is 0.220. The predicted octanol–water partition coefficient (Wildman–Crippen LogP) is -3.74. The van der Waals surface area contributed by atoms with Gasteiger partial charge in [-0.15, -0.1) is 0 Å². The van der Waals surface area contributed by atoms with Gasteiger partial charge in [0.25, 0.3) is 11.8 Å². The number of hydrogen-bond acceptors (Lipinski definition) is 7. The fourth-order valence-electron chi connectivity index (χ4n) is 3.43. The van der Waals surface area contributed by atoms with Gasteiger partial charge in [0.05, 0.1) is 6.04 Å². The van der Waals surface area contributed by atoms with Crippen LogP contribution in [0.4, 0.5) is 10.5 Å². The molecule has 2 fully saturated rings. The second kappa shape index (κ2) is 9.62. The molecule has 2 aliphatic heterocycles. The molecule has 2 aliphatic rings. The Hall–Kier alpha value is -1.70. The molecule has 0 aliphatic carbocycles. The molecule has 2 N–H and O–H groups in total. The minimum absolute atomic E-state index is 0. The zero-order valence-electron chi connectivity index (χ0n) is 17.0. The summed E-state index contributed by atoms with van der Waals surface area (Å²) in [5.74, 6) is -1.12. The smallest absolute Gasteiger partial charge is 0.731 e. The van der Waals surface area contributed by atoms with Crippen molar-refractivity contribution in [3.05, 3.63) is 29.8 Å². The molecule has 1 aromatic carbocycles. The molecule has 13 heteroatoms. The number of rotatable bonds is 6. The summed E-state index contributed by atoms with van der Waals surface area (Å²) in [6.45, 7) is 1.37. The standard InChI is InChI=1S/C17H23N5O6S.Na/c1-20(2)10-8-18-15(23)11-3-5-12(6-4-11)19-17(25)21-9-7-13-14(21)16(24)22(13)29(26,27)28;/h3-6,13-14H,7-10H2,1-2H3,(H,18,23)(H,19,25)(H,26,27,28);/q;+1/p-1/t13-,14+;/m1./s1. The normalized spacial score (nSPS) is 20.3. The van der Waals surface area contributed by atoms with Gasteiger partial charge in [0.1, 0.15) is 6.04 Å². The maximum atomic E-state index is 12.5. The Kier molecular flexibility index (Phi) is 7.88. The predicted molar refractivity (Wildman–Crippen MR) is 102 cm³/mol. The van der Waals surface area contributed by atoms with E-state index >= 15 is 0 Å². The number of nitrogens with zero attached hydrogens (tertiary/aromatic N) is 3. The molecule has 1 aromatic rings. The first-order chi connectivity index (χ1) is 13.6. The minimum Gasteiger partial charge on any atom is -0.731 e. The number of anilines is 1. The maximum absolute atomic E-state index is 12.5.